The van der Waals surface area contributed by atoms with Gasteiger partial charge in [-0.1, -0.05) is 124 Å². The Labute approximate surface area is 347 Å². The van der Waals surface area contributed by atoms with E-state index >= 15 is 0 Å². The van der Waals surface area contributed by atoms with Crippen LogP contribution in [0.4, 0.5) is 0 Å². The van der Waals surface area contributed by atoms with Crippen LogP contribution >= 0.6 is 0 Å². The molecule has 0 amide bonds. The molecule has 2 aliphatic carbocycles. The number of hydrogen-bond acceptors (Lipinski definition) is 7. The van der Waals surface area contributed by atoms with E-state index in [1.807, 2.05) is 62.4 Å². The molecule has 0 unspecified atom stereocenters. The SMILES string of the molecule is COC(=O)[C@@H](C1=C[C@H]([C@H](C)[C@@H](C)S(=O)(=O)N(Cc2ccc(OC)cc2)Cc2ccc(OC)cc2)C1)[C@@H]1CC[C@H]1CO[Si](c1ccccc1)(c1ccccc1)C(C)(C)C. The summed E-state index contributed by atoms with van der Waals surface area (Å²) in [6, 6.07) is 36.4. The summed E-state index contributed by atoms with van der Waals surface area (Å²) in [6.45, 7) is 11.7. The summed E-state index contributed by atoms with van der Waals surface area (Å²) in [4.78, 5) is 13.6. The molecular formula is C48H61NO7SSi. The molecule has 0 heterocycles. The maximum absolute atomic E-state index is 14.5. The monoisotopic (exact) mass is 823 g/mol. The molecule has 0 radical (unpaired) electrons. The lowest BCUT2D eigenvalue weighted by Crippen LogP contribution is -2.67. The van der Waals surface area contributed by atoms with Crippen LogP contribution in [0.5, 0.6) is 11.5 Å². The van der Waals surface area contributed by atoms with Crippen molar-refractivity contribution in [2.24, 2.45) is 29.6 Å². The first-order chi connectivity index (χ1) is 27.7. The maximum atomic E-state index is 14.5. The van der Waals surface area contributed by atoms with Gasteiger partial charge in [0, 0.05) is 19.7 Å². The highest BCUT2D eigenvalue weighted by atomic mass is 32.2. The predicted octanol–water partition coefficient (Wildman–Crippen LogP) is 8.40. The highest BCUT2D eigenvalue weighted by Crippen LogP contribution is 2.50. The van der Waals surface area contributed by atoms with Crippen molar-refractivity contribution in [3.63, 3.8) is 0 Å². The summed E-state index contributed by atoms with van der Waals surface area (Å²) >= 11 is 0. The lowest BCUT2D eigenvalue weighted by atomic mass is 9.61. The van der Waals surface area contributed by atoms with Gasteiger partial charge in [-0.25, -0.2) is 8.42 Å². The molecule has 6 rings (SSSR count). The number of allylic oxidation sites excluding steroid dienone is 1. The van der Waals surface area contributed by atoms with E-state index in [9.17, 15) is 13.2 Å². The molecule has 0 aromatic heterocycles. The van der Waals surface area contributed by atoms with E-state index < -0.39 is 23.6 Å². The lowest BCUT2D eigenvalue weighted by molar-refractivity contribution is -0.149. The van der Waals surface area contributed by atoms with Crippen molar-refractivity contribution in [3.8, 4) is 11.5 Å². The molecule has 0 spiro atoms. The molecule has 0 bridgehead atoms. The van der Waals surface area contributed by atoms with Crippen LogP contribution in [-0.2, 0) is 37.1 Å². The van der Waals surface area contributed by atoms with E-state index in [4.69, 9.17) is 18.6 Å². The number of esters is 1. The first-order valence-electron chi connectivity index (χ1n) is 20.5. The van der Waals surface area contributed by atoms with Gasteiger partial charge in [0.05, 0.1) is 32.5 Å². The standard InChI is InChI=1S/C48H61NO7SSi/c1-34(35(2)57(51,52)49(31-36-19-24-41(53-6)25-20-36)32-37-21-26-42(54-7)27-22-37)39-29-40(30-39)46(47(50)55-8)45-28-23-38(45)33-56-58(48(3,4)5,43-15-11-9-12-16-43)44-17-13-10-14-18-44/h9-22,24-27,29,34-35,38-39,45-46H,23,28,30-33H2,1-8H3/t34-,35-,38+,39+,45-,46+/m1/s1. The van der Waals surface area contributed by atoms with Crippen molar-refractivity contribution in [2.45, 2.75) is 77.3 Å². The van der Waals surface area contributed by atoms with Gasteiger partial charge >= 0.3 is 5.97 Å². The topological polar surface area (TPSA) is 91.4 Å². The third kappa shape index (κ3) is 9.00. The molecule has 0 saturated heterocycles. The van der Waals surface area contributed by atoms with Gasteiger partial charge in [-0.15, -0.1) is 0 Å². The Morgan fingerprint density at radius 3 is 1.64 bits per heavy atom. The summed E-state index contributed by atoms with van der Waals surface area (Å²) in [5.41, 5.74) is 2.80. The molecule has 58 heavy (non-hydrogen) atoms. The van der Waals surface area contributed by atoms with Crippen LogP contribution < -0.4 is 19.8 Å². The Bertz CT molecular complexity index is 2010. The molecule has 4 aromatic rings. The molecule has 4 aromatic carbocycles. The van der Waals surface area contributed by atoms with E-state index in [2.05, 4.69) is 87.5 Å². The van der Waals surface area contributed by atoms with Crippen molar-refractivity contribution in [3.05, 3.63) is 132 Å². The average Bonchev–Trinajstić information content (AvgIpc) is 3.20. The van der Waals surface area contributed by atoms with Gasteiger partial charge in [0.25, 0.3) is 8.32 Å². The number of rotatable bonds is 18. The number of nitrogens with zero attached hydrogens (tertiary/aromatic N) is 1. The Morgan fingerprint density at radius 2 is 1.24 bits per heavy atom. The number of hydrogen-bond donors (Lipinski definition) is 0. The van der Waals surface area contributed by atoms with Crippen LogP contribution in [0, 0.1) is 29.6 Å². The zero-order chi connectivity index (χ0) is 41.7. The summed E-state index contributed by atoms with van der Waals surface area (Å²) in [5, 5.41) is 1.66. The molecule has 2 aliphatic rings. The van der Waals surface area contributed by atoms with Gasteiger partial charge in [0.15, 0.2) is 0 Å². The highest BCUT2D eigenvalue weighted by molar-refractivity contribution is 7.89. The second-order valence-electron chi connectivity index (χ2n) is 17.2. The fraction of sp³-hybridized carbons (Fsp3) is 0.438. The third-order valence-electron chi connectivity index (χ3n) is 12.9. The van der Waals surface area contributed by atoms with E-state index in [1.165, 1.54) is 17.5 Å². The van der Waals surface area contributed by atoms with Crippen LogP contribution in [0.25, 0.3) is 0 Å². The minimum Gasteiger partial charge on any atom is -0.497 e. The van der Waals surface area contributed by atoms with Gasteiger partial charge in [-0.05, 0) is 101 Å². The highest BCUT2D eigenvalue weighted by Gasteiger charge is 2.52. The third-order valence-corrected chi connectivity index (χ3v) is 20.2. The van der Waals surface area contributed by atoms with E-state index in [0.717, 1.165) is 29.5 Å². The van der Waals surface area contributed by atoms with Gasteiger partial charge in [0.1, 0.15) is 11.5 Å². The number of sulfonamides is 1. The van der Waals surface area contributed by atoms with Crippen LogP contribution in [0.2, 0.25) is 5.04 Å². The first kappa shape index (κ1) is 43.4. The molecule has 6 atom stereocenters. The molecule has 1 saturated carbocycles. The van der Waals surface area contributed by atoms with E-state index in [1.54, 1.807) is 18.5 Å². The van der Waals surface area contributed by atoms with E-state index in [-0.39, 0.29) is 53.7 Å². The van der Waals surface area contributed by atoms with Crippen LogP contribution in [0.15, 0.2) is 121 Å². The van der Waals surface area contributed by atoms with Crippen molar-refractivity contribution in [1.29, 1.82) is 0 Å². The largest absolute Gasteiger partial charge is 0.497 e. The normalized spacial score (nSPS) is 19.9. The van der Waals surface area contributed by atoms with Crippen molar-refractivity contribution < 1.29 is 31.8 Å². The number of carbonyl (C=O) groups excluding carboxylic acids is 1. The molecule has 0 aliphatic heterocycles. The second-order valence-corrected chi connectivity index (χ2v) is 23.8. The van der Waals surface area contributed by atoms with Crippen LogP contribution in [0.3, 0.4) is 0 Å². The van der Waals surface area contributed by atoms with E-state index in [0.29, 0.717) is 24.5 Å². The molecular weight excluding hydrogens is 763 g/mol. The fourth-order valence-electron chi connectivity index (χ4n) is 9.00. The summed E-state index contributed by atoms with van der Waals surface area (Å²) in [7, 11) is -1.82. The zero-order valence-corrected chi connectivity index (χ0v) is 37.2. The van der Waals surface area contributed by atoms with Gasteiger partial charge in [-0.2, -0.15) is 4.31 Å². The van der Waals surface area contributed by atoms with Crippen LogP contribution in [-0.4, -0.2) is 60.2 Å². The average molecular weight is 824 g/mol. The zero-order valence-electron chi connectivity index (χ0n) is 35.4. The van der Waals surface area contributed by atoms with Crippen molar-refractivity contribution in [2.75, 3.05) is 27.9 Å². The Hall–Kier alpha value is -4.22. The summed E-state index contributed by atoms with van der Waals surface area (Å²) in [6.07, 6.45) is 4.73. The minimum atomic E-state index is -3.77. The Kier molecular flexibility index (Phi) is 13.7. The van der Waals surface area contributed by atoms with Crippen molar-refractivity contribution in [1.82, 2.24) is 4.31 Å². The van der Waals surface area contributed by atoms with Crippen molar-refractivity contribution >= 4 is 34.7 Å². The first-order valence-corrected chi connectivity index (χ1v) is 23.9. The summed E-state index contributed by atoms with van der Waals surface area (Å²) in [5.74, 6) is 0.971. The maximum Gasteiger partial charge on any atom is 0.313 e. The molecule has 0 N–H and O–H groups in total. The molecule has 8 nitrogen and oxygen atoms in total. The van der Waals surface area contributed by atoms with Gasteiger partial charge < -0.3 is 18.6 Å². The Morgan fingerprint density at radius 1 is 0.759 bits per heavy atom. The quantitative estimate of drug-likeness (QED) is 0.0566. The second kappa shape index (κ2) is 18.4. The Balaban J connectivity index is 1.20. The molecule has 1 fully saturated rings. The lowest BCUT2D eigenvalue weighted by Gasteiger charge is -2.48. The number of benzene rings is 4. The molecule has 310 valence electrons. The predicted molar refractivity (Wildman–Crippen MR) is 234 cm³/mol. The minimum absolute atomic E-state index is 0.0163. The number of ether oxygens (including phenoxy) is 3. The van der Waals surface area contributed by atoms with Crippen LogP contribution in [0.1, 0.15) is 65.0 Å². The number of carbonyl (C=O) groups is 1. The summed E-state index contributed by atoms with van der Waals surface area (Å²) < 4.78 is 54.2. The fourth-order valence-corrected chi connectivity index (χ4v) is 15.5. The number of methoxy groups -OCH3 is 3. The van der Waals surface area contributed by atoms with Gasteiger partial charge in [-0.3, -0.25) is 4.79 Å². The smallest absolute Gasteiger partial charge is 0.313 e. The molecule has 10 heteroatoms. The van der Waals surface area contributed by atoms with Gasteiger partial charge in [0.2, 0.25) is 10.0 Å².